The fourth-order valence-corrected chi connectivity index (χ4v) is 2.68. The van der Waals surface area contributed by atoms with Crippen LogP contribution in [0.25, 0.3) is 21.8 Å². The van der Waals surface area contributed by atoms with Crippen LogP contribution in [0.3, 0.4) is 0 Å². The Labute approximate surface area is 136 Å². The fraction of sp³-hybridized carbons (Fsp3) is 0.263. The van der Waals surface area contributed by atoms with E-state index in [4.69, 9.17) is 0 Å². The largest absolute Gasteiger partial charge is 0.352 e. The number of pyridine rings is 1. The molecular formula is C19H21N3O. The van der Waals surface area contributed by atoms with E-state index in [0.29, 0.717) is 12.1 Å². The predicted octanol–water partition coefficient (Wildman–Crippen LogP) is 3.07. The maximum Gasteiger partial charge on any atom is 0.253 e. The van der Waals surface area contributed by atoms with Crippen LogP contribution >= 0.6 is 0 Å². The molecule has 3 rings (SSSR count). The topological polar surface area (TPSA) is 45.2 Å². The van der Waals surface area contributed by atoms with Crippen molar-refractivity contribution < 1.29 is 4.79 Å². The zero-order valence-electron chi connectivity index (χ0n) is 13.5. The van der Waals surface area contributed by atoms with E-state index < -0.39 is 0 Å². The summed E-state index contributed by atoms with van der Waals surface area (Å²) in [7, 11) is 4.06. The Bertz CT molecular complexity index is 842. The van der Waals surface area contributed by atoms with E-state index in [1.165, 1.54) is 0 Å². The lowest BCUT2D eigenvalue weighted by Crippen LogP contribution is -2.27. The van der Waals surface area contributed by atoms with Crippen LogP contribution in [-0.4, -0.2) is 43.0 Å². The number of hydrogen-bond donors (Lipinski definition) is 1. The van der Waals surface area contributed by atoms with Gasteiger partial charge in [-0.2, -0.15) is 0 Å². The second-order valence-electron chi connectivity index (χ2n) is 5.97. The number of carbonyl (C=O) groups is 1. The monoisotopic (exact) mass is 307 g/mol. The second-order valence-corrected chi connectivity index (χ2v) is 5.97. The number of para-hydroxylation sites is 2. The molecule has 0 atom stereocenters. The average Bonchev–Trinajstić information content (AvgIpc) is 2.56. The van der Waals surface area contributed by atoms with Crippen molar-refractivity contribution in [3.05, 3.63) is 54.1 Å². The van der Waals surface area contributed by atoms with Gasteiger partial charge in [0.2, 0.25) is 0 Å². The van der Waals surface area contributed by atoms with E-state index in [1.54, 1.807) is 0 Å². The molecule has 1 N–H and O–H groups in total. The first-order valence-corrected chi connectivity index (χ1v) is 7.86. The van der Waals surface area contributed by atoms with Gasteiger partial charge in [0, 0.05) is 17.3 Å². The van der Waals surface area contributed by atoms with E-state index in [0.717, 1.165) is 34.8 Å². The molecule has 0 fully saturated rings. The molecule has 0 spiro atoms. The van der Waals surface area contributed by atoms with Gasteiger partial charge < -0.3 is 10.2 Å². The minimum atomic E-state index is -0.0582. The highest BCUT2D eigenvalue weighted by atomic mass is 16.1. The first-order valence-electron chi connectivity index (χ1n) is 7.86. The summed E-state index contributed by atoms with van der Waals surface area (Å²) in [5, 5.41) is 5.07. The summed E-state index contributed by atoms with van der Waals surface area (Å²) in [6.07, 6.45) is 0.930. The van der Waals surface area contributed by atoms with Gasteiger partial charge in [0.05, 0.1) is 16.6 Å². The predicted molar refractivity (Wildman–Crippen MR) is 94.8 cm³/mol. The van der Waals surface area contributed by atoms with E-state index in [-0.39, 0.29) is 5.91 Å². The summed E-state index contributed by atoms with van der Waals surface area (Å²) in [6.45, 7) is 1.62. The molecule has 0 radical (unpaired) electrons. The van der Waals surface area contributed by atoms with E-state index >= 15 is 0 Å². The molecular weight excluding hydrogens is 286 g/mol. The van der Waals surface area contributed by atoms with Crippen LogP contribution in [0.2, 0.25) is 0 Å². The third kappa shape index (κ3) is 3.48. The Kier molecular flexibility index (Phi) is 4.53. The summed E-state index contributed by atoms with van der Waals surface area (Å²) in [4.78, 5) is 19.3. The van der Waals surface area contributed by atoms with Crippen LogP contribution in [0.4, 0.5) is 0 Å². The molecule has 0 unspecified atom stereocenters. The van der Waals surface area contributed by atoms with Gasteiger partial charge in [-0.15, -0.1) is 0 Å². The maximum absolute atomic E-state index is 12.5. The normalized spacial score (nSPS) is 11.3. The van der Waals surface area contributed by atoms with Gasteiger partial charge in [0.1, 0.15) is 0 Å². The van der Waals surface area contributed by atoms with Crippen LogP contribution in [0.15, 0.2) is 48.5 Å². The number of nitrogens with one attached hydrogen (secondary N) is 1. The Hall–Kier alpha value is -2.46. The Morgan fingerprint density at radius 3 is 2.70 bits per heavy atom. The quantitative estimate of drug-likeness (QED) is 0.582. The van der Waals surface area contributed by atoms with Crippen molar-refractivity contribution in [1.82, 2.24) is 15.2 Å². The summed E-state index contributed by atoms with van der Waals surface area (Å²) in [5.74, 6) is -0.0582. The van der Waals surface area contributed by atoms with Crippen LogP contribution in [0, 0.1) is 0 Å². The van der Waals surface area contributed by atoms with Crippen molar-refractivity contribution >= 4 is 27.7 Å². The standard InChI is InChI=1S/C19H21N3O/c1-22(2)12-6-11-20-19(23)16-9-5-8-15-13-14-7-3-4-10-17(14)21-18(15)16/h3-5,7-10,13H,6,11-12H2,1-2H3,(H,20,23). The zero-order chi connectivity index (χ0) is 16.2. The van der Waals surface area contributed by atoms with Crippen molar-refractivity contribution in [3.8, 4) is 0 Å². The van der Waals surface area contributed by atoms with Gasteiger partial charge in [-0.1, -0.05) is 30.3 Å². The van der Waals surface area contributed by atoms with Crippen LogP contribution in [0.5, 0.6) is 0 Å². The van der Waals surface area contributed by atoms with E-state index in [2.05, 4.69) is 21.3 Å². The highest BCUT2D eigenvalue weighted by Crippen LogP contribution is 2.22. The first-order chi connectivity index (χ1) is 11.1. The third-order valence-electron chi connectivity index (χ3n) is 3.86. The molecule has 1 amide bonds. The SMILES string of the molecule is CN(C)CCCNC(=O)c1cccc2cc3ccccc3nc12. The van der Waals surface area contributed by atoms with Crippen molar-refractivity contribution in [2.75, 3.05) is 27.2 Å². The second kappa shape index (κ2) is 6.75. The number of aromatic nitrogens is 1. The molecule has 23 heavy (non-hydrogen) atoms. The summed E-state index contributed by atoms with van der Waals surface area (Å²) in [6, 6.07) is 15.8. The number of fused-ring (bicyclic) bond motifs is 2. The van der Waals surface area contributed by atoms with Crippen molar-refractivity contribution in [3.63, 3.8) is 0 Å². The van der Waals surface area contributed by atoms with Crippen LogP contribution < -0.4 is 5.32 Å². The van der Waals surface area contributed by atoms with Crippen molar-refractivity contribution in [2.45, 2.75) is 6.42 Å². The third-order valence-corrected chi connectivity index (χ3v) is 3.86. The van der Waals surface area contributed by atoms with Gasteiger partial charge in [-0.3, -0.25) is 4.79 Å². The minimum absolute atomic E-state index is 0.0582. The lowest BCUT2D eigenvalue weighted by Gasteiger charge is -2.11. The highest BCUT2D eigenvalue weighted by molar-refractivity contribution is 6.07. The van der Waals surface area contributed by atoms with Gasteiger partial charge >= 0.3 is 0 Å². The molecule has 4 nitrogen and oxygen atoms in total. The molecule has 4 heteroatoms. The van der Waals surface area contributed by atoms with Crippen LogP contribution in [-0.2, 0) is 0 Å². The number of amides is 1. The first kappa shape index (κ1) is 15.4. The van der Waals surface area contributed by atoms with Gasteiger partial charge in [0.25, 0.3) is 5.91 Å². The minimum Gasteiger partial charge on any atom is -0.352 e. The molecule has 3 aromatic rings. The molecule has 1 heterocycles. The number of benzene rings is 2. The molecule has 1 aromatic heterocycles. The molecule has 0 aliphatic heterocycles. The molecule has 0 aliphatic carbocycles. The van der Waals surface area contributed by atoms with Crippen molar-refractivity contribution in [2.24, 2.45) is 0 Å². The summed E-state index contributed by atoms with van der Waals surface area (Å²) >= 11 is 0. The van der Waals surface area contributed by atoms with Gasteiger partial charge in [-0.25, -0.2) is 4.98 Å². The maximum atomic E-state index is 12.5. The lowest BCUT2D eigenvalue weighted by molar-refractivity contribution is 0.0954. The lowest BCUT2D eigenvalue weighted by atomic mass is 10.1. The number of rotatable bonds is 5. The molecule has 0 aliphatic rings. The van der Waals surface area contributed by atoms with Gasteiger partial charge in [-0.05, 0) is 45.3 Å². The number of hydrogen-bond acceptors (Lipinski definition) is 3. The molecule has 0 saturated heterocycles. The van der Waals surface area contributed by atoms with E-state index in [9.17, 15) is 4.79 Å². The summed E-state index contributed by atoms with van der Waals surface area (Å²) < 4.78 is 0. The Morgan fingerprint density at radius 1 is 1.09 bits per heavy atom. The molecule has 0 saturated carbocycles. The fourth-order valence-electron chi connectivity index (χ4n) is 2.68. The van der Waals surface area contributed by atoms with E-state index in [1.807, 2.05) is 56.6 Å². The number of nitrogens with zero attached hydrogens (tertiary/aromatic N) is 2. The zero-order valence-corrected chi connectivity index (χ0v) is 13.5. The number of carbonyl (C=O) groups excluding carboxylic acids is 1. The Morgan fingerprint density at radius 2 is 1.87 bits per heavy atom. The van der Waals surface area contributed by atoms with Crippen molar-refractivity contribution in [1.29, 1.82) is 0 Å². The molecule has 2 aromatic carbocycles. The molecule has 0 bridgehead atoms. The average molecular weight is 307 g/mol. The Balaban J connectivity index is 1.88. The van der Waals surface area contributed by atoms with Crippen LogP contribution in [0.1, 0.15) is 16.8 Å². The highest BCUT2D eigenvalue weighted by Gasteiger charge is 2.11. The molecule has 118 valence electrons. The summed E-state index contributed by atoms with van der Waals surface area (Å²) in [5.41, 5.74) is 2.31. The van der Waals surface area contributed by atoms with Gasteiger partial charge in [0.15, 0.2) is 0 Å². The smallest absolute Gasteiger partial charge is 0.253 e.